The second-order valence-corrected chi connectivity index (χ2v) is 20.5. The number of furan rings is 1. The first-order valence-electron chi connectivity index (χ1n) is 22.2. The van der Waals surface area contributed by atoms with Crippen molar-refractivity contribution in [2.75, 3.05) is 9.80 Å². The molecule has 0 bridgehead atoms. The molecule has 9 aromatic carbocycles. The maximum atomic E-state index is 6.33. The smallest absolute Gasteiger partial charge is 0.176 e. The van der Waals surface area contributed by atoms with Gasteiger partial charge in [0.15, 0.2) is 8.07 Å². The highest BCUT2D eigenvalue weighted by Gasteiger charge is 2.55. The largest absolute Gasteiger partial charge is 0.456 e. The average molecular weight is 837 g/mol. The second kappa shape index (κ2) is 15.8. The molecule has 12 rings (SSSR count). The molecule has 2 heterocycles. The third kappa shape index (κ3) is 6.10. The van der Waals surface area contributed by atoms with E-state index < -0.39 is 8.07 Å². The predicted molar refractivity (Wildman–Crippen MR) is 270 cm³/mol. The van der Waals surface area contributed by atoms with Gasteiger partial charge in [-0.15, -0.1) is 0 Å². The highest BCUT2D eigenvalue weighted by Crippen LogP contribution is 2.53. The fourth-order valence-corrected chi connectivity index (χ4v) is 16.2. The lowest BCUT2D eigenvalue weighted by atomic mass is 9.78. The van der Waals surface area contributed by atoms with Gasteiger partial charge in [0.2, 0.25) is 0 Å². The number of anilines is 6. The van der Waals surface area contributed by atoms with Crippen molar-refractivity contribution in [3.63, 3.8) is 0 Å². The molecule has 1 aliphatic heterocycles. The van der Waals surface area contributed by atoms with Crippen LogP contribution >= 0.6 is 0 Å². The molecule has 0 spiro atoms. The zero-order valence-corrected chi connectivity index (χ0v) is 36.2. The minimum atomic E-state index is -2.91. The van der Waals surface area contributed by atoms with E-state index in [2.05, 4.69) is 259 Å². The van der Waals surface area contributed by atoms with Gasteiger partial charge in [-0.1, -0.05) is 181 Å². The fraction of sp³-hybridized carbons (Fsp3) is 0.0333. The zero-order chi connectivity index (χ0) is 42.5. The van der Waals surface area contributed by atoms with E-state index in [1.54, 1.807) is 0 Å². The minimum absolute atomic E-state index is 0.0690. The zero-order valence-electron chi connectivity index (χ0n) is 35.2. The van der Waals surface area contributed by atoms with E-state index in [-0.39, 0.29) is 11.8 Å². The molecule has 2 aliphatic rings. The normalized spacial score (nSPS) is 16.0. The van der Waals surface area contributed by atoms with Gasteiger partial charge in [0.05, 0.1) is 0 Å². The van der Waals surface area contributed by atoms with Crippen LogP contribution in [0.4, 0.5) is 34.1 Å². The summed E-state index contributed by atoms with van der Waals surface area (Å²) in [6, 6.07) is 86.6. The molecule has 0 N–H and O–H groups in total. The van der Waals surface area contributed by atoms with E-state index in [0.29, 0.717) is 0 Å². The van der Waals surface area contributed by atoms with Crippen LogP contribution in [0.5, 0.6) is 0 Å². The van der Waals surface area contributed by atoms with Gasteiger partial charge in [0.1, 0.15) is 11.2 Å². The van der Waals surface area contributed by atoms with Gasteiger partial charge in [-0.2, -0.15) is 0 Å². The number of fused-ring (bicyclic) bond motifs is 6. The van der Waals surface area contributed by atoms with E-state index in [0.717, 1.165) is 50.4 Å². The molecular formula is C60H44N2OSi. The van der Waals surface area contributed by atoms with Crippen LogP contribution in [0.1, 0.15) is 23.0 Å². The Morgan fingerprint density at radius 1 is 0.391 bits per heavy atom. The summed E-state index contributed by atoms with van der Waals surface area (Å²) < 4.78 is 6.33. The van der Waals surface area contributed by atoms with Crippen molar-refractivity contribution in [3.05, 3.63) is 271 Å². The Bertz CT molecular complexity index is 3270. The Labute approximate surface area is 375 Å². The number of allylic oxidation sites excluding steroid dienone is 4. The standard InChI is InChI=1S/C60H44N2OSi/c1-6-21-43(22-7-1)61(46-38-40-57-54(41-46)51-32-17-19-35-56(51)63-57)47-37-39-53-59(42-47)64(48-27-12-4-13-28-48,49-29-14-5-15-30-49)58-36-20-33-52(60(53)58)50-31-16-18-34-55(50)62(44-23-8-2-9-24-44)45-25-10-3-11-26-45/h1-42,52,60H. The van der Waals surface area contributed by atoms with Crippen molar-refractivity contribution < 1.29 is 4.42 Å². The molecule has 304 valence electrons. The van der Waals surface area contributed by atoms with Crippen LogP contribution < -0.4 is 25.4 Å². The highest BCUT2D eigenvalue weighted by atomic mass is 28.3. The van der Waals surface area contributed by atoms with Gasteiger partial charge in [0, 0.05) is 56.7 Å². The fourth-order valence-electron chi connectivity index (χ4n) is 10.7. The van der Waals surface area contributed by atoms with Crippen molar-refractivity contribution >= 4 is 79.7 Å². The van der Waals surface area contributed by atoms with Gasteiger partial charge < -0.3 is 14.2 Å². The molecule has 1 aromatic heterocycles. The van der Waals surface area contributed by atoms with Crippen LogP contribution in [0.15, 0.2) is 264 Å². The van der Waals surface area contributed by atoms with Crippen molar-refractivity contribution in [2.24, 2.45) is 0 Å². The predicted octanol–water partition coefficient (Wildman–Crippen LogP) is 13.9. The van der Waals surface area contributed by atoms with E-state index in [1.165, 1.54) is 37.6 Å². The third-order valence-electron chi connectivity index (χ3n) is 13.4. The van der Waals surface area contributed by atoms with Crippen LogP contribution in [0.3, 0.4) is 0 Å². The summed E-state index contributed by atoms with van der Waals surface area (Å²) in [4.78, 5) is 4.85. The third-order valence-corrected chi connectivity index (χ3v) is 18.4. The average Bonchev–Trinajstić information content (AvgIpc) is 3.89. The summed E-state index contributed by atoms with van der Waals surface area (Å²) >= 11 is 0. The van der Waals surface area contributed by atoms with Gasteiger partial charge in [-0.25, -0.2) is 0 Å². The van der Waals surface area contributed by atoms with E-state index >= 15 is 0 Å². The molecule has 0 saturated carbocycles. The lowest BCUT2D eigenvalue weighted by Crippen LogP contribution is -2.67. The number of nitrogens with zero attached hydrogens (tertiary/aromatic N) is 2. The molecule has 10 aromatic rings. The highest BCUT2D eigenvalue weighted by molar-refractivity contribution is 7.17. The SMILES string of the molecule is C1=CC(c2ccccc2N(c2ccccc2)c2ccccc2)C2C(=C1)[Si](c1ccccc1)(c1ccccc1)c1cc(N(c3ccccc3)c3ccc4oc5ccccc5c4c3)ccc12. The van der Waals surface area contributed by atoms with Gasteiger partial charge in [0.25, 0.3) is 0 Å². The minimum Gasteiger partial charge on any atom is -0.456 e. The quantitative estimate of drug-likeness (QED) is 0.135. The van der Waals surface area contributed by atoms with Gasteiger partial charge >= 0.3 is 0 Å². The summed E-state index contributed by atoms with van der Waals surface area (Å²) in [5.41, 5.74) is 11.3. The van der Waals surface area contributed by atoms with E-state index in [1.807, 2.05) is 6.07 Å². The van der Waals surface area contributed by atoms with Crippen molar-refractivity contribution in [2.45, 2.75) is 11.8 Å². The van der Waals surface area contributed by atoms with Crippen LogP contribution in [0.25, 0.3) is 21.9 Å². The Morgan fingerprint density at radius 3 is 1.56 bits per heavy atom. The monoisotopic (exact) mass is 836 g/mol. The first kappa shape index (κ1) is 37.8. The topological polar surface area (TPSA) is 19.6 Å². The first-order valence-corrected chi connectivity index (χ1v) is 24.2. The molecule has 1 aliphatic carbocycles. The van der Waals surface area contributed by atoms with Crippen molar-refractivity contribution in [1.29, 1.82) is 0 Å². The number of hydrogen-bond acceptors (Lipinski definition) is 3. The summed E-state index contributed by atoms with van der Waals surface area (Å²) in [6.45, 7) is 0. The van der Waals surface area contributed by atoms with Crippen molar-refractivity contribution in [3.8, 4) is 0 Å². The van der Waals surface area contributed by atoms with Crippen LogP contribution in [-0.4, -0.2) is 8.07 Å². The molecule has 4 heteroatoms. The van der Waals surface area contributed by atoms with Crippen LogP contribution in [0, 0.1) is 0 Å². The first-order chi connectivity index (χ1) is 31.8. The lowest BCUT2D eigenvalue weighted by molar-refractivity contribution is 0.669. The number of rotatable bonds is 9. The van der Waals surface area contributed by atoms with Crippen LogP contribution in [-0.2, 0) is 0 Å². The Balaban J connectivity index is 1.10. The van der Waals surface area contributed by atoms with E-state index in [4.69, 9.17) is 4.42 Å². The maximum Gasteiger partial charge on any atom is 0.176 e. The molecule has 2 unspecified atom stereocenters. The molecule has 3 nitrogen and oxygen atoms in total. The molecule has 0 amide bonds. The Hall–Kier alpha value is -7.92. The number of para-hydroxylation sites is 5. The summed E-state index contributed by atoms with van der Waals surface area (Å²) in [5.74, 6) is 0.175. The number of benzene rings is 9. The van der Waals surface area contributed by atoms with Crippen molar-refractivity contribution in [1.82, 2.24) is 0 Å². The molecule has 2 atom stereocenters. The summed E-state index contributed by atoms with van der Waals surface area (Å²) in [6.07, 6.45) is 7.29. The maximum absolute atomic E-state index is 6.33. The molecule has 0 radical (unpaired) electrons. The van der Waals surface area contributed by atoms with Gasteiger partial charge in [-0.3, -0.25) is 0 Å². The van der Waals surface area contributed by atoms with Gasteiger partial charge in [-0.05, 0) is 106 Å². The second-order valence-electron chi connectivity index (χ2n) is 16.8. The molecular weight excluding hydrogens is 793 g/mol. The summed E-state index contributed by atoms with van der Waals surface area (Å²) in [7, 11) is -2.91. The summed E-state index contributed by atoms with van der Waals surface area (Å²) in [5, 5.41) is 7.96. The Morgan fingerprint density at radius 2 is 0.906 bits per heavy atom. The molecule has 64 heavy (non-hydrogen) atoms. The molecule has 0 fully saturated rings. The van der Waals surface area contributed by atoms with E-state index in [9.17, 15) is 0 Å². The number of hydrogen-bond donors (Lipinski definition) is 0. The van der Waals surface area contributed by atoms with Crippen LogP contribution in [0.2, 0.25) is 0 Å². The lowest BCUT2D eigenvalue weighted by Gasteiger charge is -2.37. The Kier molecular flexibility index (Phi) is 9.31. The molecule has 0 saturated heterocycles.